The van der Waals surface area contributed by atoms with Gasteiger partial charge in [0.2, 0.25) is 0 Å². The lowest BCUT2D eigenvalue weighted by atomic mass is 10.1. The molecule has 0 fully saturated rings. The number of aliphatic carboxylic acids is 1. The largest absolute Gasteiger partial charge is 0.492 e. The van der Waals surface area contributed by atoms with E-state index in [0.717, 1.165) is 6.08 Å². The van der Waals surface area contributed by atoms with Gasteiger partial charge in [-0.05, 0) is 19.1 Å². The Balaban J connectivity index is 3.39. The number of carboxylic acid groups (broad SMARTS) is 1. The van der Waals surface area contributed by atoms with Crippen molar-refractivity contribution in [2.45, 2.75) is 6.92 Å². The monoisotopic (exact) mass is 250 g/mol. The summed E-state index contributed by atoms with van der Waals surface area (Å²) in [7, 11) is 2.86. The van der Waals surface area contributed by atoms with Gasteiger partial charge in [-0.1, -0.05) is 6.07 Å². The fourth-order valence-corrected chi connectivity index (χ4v) is 1.56. The molecule has 1 rings (SSSR count). The number of methoxy groups -OCH3 is 2. The van der Waals surface area contributed by atoms with Gasteiger partial charge in [-0.25, -0.2) is 4.79 Å². The second-order valence-corrected chi connectivity index (χ2v) is 3.50. The number of ketones is 1. The second-order valence-electron chi connectivity index (χ2n) is 3.50. The van der Waals surface area contributed by atoms with Gasteiger partial charge in [0, 0.05) is 11.6 Å². The minimum absolute atomic E-state index is 0.154. The van der Waals surface area contributed by atoms with Gasteiger partial charge in [-0.2, -0.15) is 0 Å². The van der Waals surface area contributed by atoms with Crippen molar-refractivity contribution < 1.29 is 24.2 Å². The van der Waals surface area contributed by atoms with Crippen LogP contribution in [0.2, 0.25) is 0 Å². The quantitative estimate of drug-likeness (QED) is 0.639. The zero-order valence-electron chi connectivity index (χ0n) is 10.4. The number of hydrogen-bond acceptors (Lipinski definition) is 4. The van der Waals surface area contributed by atoms with E-state index < -0.39 is 5.97 Å². The number of hydrogen-bond donors (Lipinski definition) is 1. The Hall–Kier alpha value is -2.30. The number of rotatable bonds is 5. The standard InChI is InChI=1S/C13H14O5/c1-8(14)10-6-4-9(5-7-11(15)16)12(17-2)13(10)18-3/h4-7H,1-3H3,(H,15,16). The van der Waals surface area contributed by atoms with E-state index in [9.17, 15) is 9.59 Å². The maximum atomic E-state index is 11.4. The molecule has 1 aromatic rings. The van der Waals surface area contributed by atoms with Crippen molar-refractivity contribution in [3.63, 3.8) is 0 Å². The number of ether oxygens (including phenoxy) is 2. The fraction of sp³-hybridized carbons (Fsp3) is 0.231. The van der Waals surface area contributed by atoms with Crippen molar-refractivity contribution in [3.05, 3.63) is 29.3 Å². The van der Waals surface area contributed by atoms with Crippen LogP contribution in [0.25, 0.3) is 6.08 Å². The number of carboxylic acids is 1. The molecule has 0 aliphatic carbocycles. The van der Waals surface area contributed by atoms with Crippen LogP contribution in [0.4, 0.5) is 0 Å². The lowest BCUT2D eigenvalue weighted by Crippen LogP contribution is -2.01. The minimum atomic E-state index is -1.06. The van der Waals surface area contributed by atoms with Gasteiger partial charge in [-0.3, -0.25) is 4.79 Å². The summed E-state index contributed by atoms with van der Waals surface area (Å²) >= 11 is 0. The summed E-state index contributed by atoms with van der Waals surface area (Å²) in [5.41, 5.74) is 0.920. The van der Waals surface area contributed by atoms with Gasteiger partial charge < -0.3 is 14.6 Å². The van der Waals surface area contributed by atoms with E-state index in [2.05, 4.69) is 0 Å². The van der Waals surface area contributed by atoms with Crippen molar-refractivity contribution in [3.8, 4) is 11.5 Å². The summed E-state index contributed by atoms with van der Waals surface area (Å²) < 4.78 is 10.3. The molecule has 0 bridgehead atoms. The van der Waals surface area contributed by atoms with Gasteiger partial charge in [-0.15, -0.1) is 0 Å². The third kappa shape index (κ3) is 2.88. The van der Waals surface area contributed by atoms with Crippen molar-refractivity contribution in [2.24, 2.45) is 0 Å². The zero-order chi connectivity index (χ0) is 13.7. The first-order chi connectivity index (χ1) is 8.51. The first kappa shape index (κ1) is 13.8. The molecule has 0 atom stereocenters. The molecule has 0 aliphatic heterocycles. The molecule has 5 heteroatoms. The smallest absolute Gasteiger partial charge is 0.328 e. The van der Waals surface area contributed by atoms with Crippen molar-refractivity contribution in [2.75, 3.05) is 14.2 Å². The summed E-state index contributed by atoms with van der Waals surface area (Å²) in [6.07, 6.45) is 2.37. The summed E-state index contributed by atoms with van der Waals surface area (Å²) in [6.45, 7) is 1.42. The average Bonchev–Trinajstić information content (AvgIpc) is 2.34. The van der Waals surface area contributed by atoms with Crippen LogP contribution in [0, 0.1) is 0 Å². The predicted molar refractivity (Wildman–Crippen MR) is 66.2 cm³/mol. The maximum absolute atomic E-state index is 11.4. The minimum Gasteiger partial charge on any atom is -0.492 e. The zero-order valence-corrected chi connectivity index (χ0v) is 10.4. The molecule has 0 amide bonds. The maximum Gasteiger partial charge on any atom is 0.328 e. The number of carbonyl (C=O) groups excluding carboxylic acids is 1. The van der Waals surface area contributed by atoms with Gasteiger partial charge in [0.1, 0.15) is 0 Å². The highest BCUT2D eigenvalue weighted by Crippen LogP contribution is 2.35. The van der Waals surface area contributed by atoms with Crippen LogP contribution in [0.3, 0.4) is 0 Å². The van der Waals surface area contributed by atoms with Gasteiger partial charge in [0.05, 0.1) is 19.8 Å². The molecule has 0 spiro atoms. The highest BCUT2D eigenvalue weighted by molar-refractivity contribution is 5.98. The molecule has 0 heterocycles. The number of carbonyl (C=O) groups is 2. The van der Waals surface area contributed by atoms with Crippen LogP contribution < -0.4 is 9.47 Å². The van der Waals surface area contributed by atoms with E-state index in [0.29, 0.717) is 22.6 Å². The molecule has 0 saturated carbocycles. The third-order valence-corrected chi connectivity index (χ3v) is 2.34. The summed E-state index contributed by atoms with van der Waals surface area (Å²) in [4.78, 5) is 21.9. The highest BCUT2D eigenvalue weighted by atomic mass is 16.5. The van der Waals surface area contributed by atoms with Crippen molar-refractivity contribution in [1.29, 1.82) is 0 Å². The second kappa shape index (κ2) is 5.86. The van der Waals surface area contributed by atoms with E-state index >= 15 is 0 Å². The molecule has 0 aromatic heterocycles. The van der Waals surface area contributed by atoms with E-state index in [1.165, 1.54) is 27.2 Å². The Morgan fingerprint density at radius 1 is 1.17 bits per heavy atom. The van der Waals surface area contributed by atoms with E-state index in [1.54, 1.807) is 12.1 Å². The van der Waals surface area contributed by atoms with Crippen molar-refractivity contribution >= 4 is 17.8 Å². The fourth-order valence-electron chi connectivity index (χ4n) is 1.56. The third-order valence-electron chi connectivity index (χ3n) is 2.34. The van der Waals surface area contributed by atoms with Crippen LogP contribution >= 0.6 is 0 Å². The molecular weight excluding hydrogens is 236 g/mol. The highest BCUT2D eigenvalue weighted by Gasteiger charge is 2.16. The van der Waals surface area contributed by atoms with E-state index in [-0.39, 0.29) is 5.78 Å². The molecule has 5 nitrogen and oxygen atoms in total. The van der Waals surface area contributed by atoms with Crippen LogP contribution in [0.15, 0.2) is 18.2 Å². The average molecular weight is 250 g/mol. The number of Topliss-reactive ketones (excluding diaryl/α,β-unsaturated/α-hetero) is 1. The predicted octanol–water partition coefficient (Wildman–Crippen LogP) is 2.00. The van der Waals surface area contributed by atoms with Gasteiger partial charge in [0.15, 0.2) is 17.3 Å². The van der Waals surface area contributed by atoms with Crippen molar-refractivity contribution in [1.82, 2.24) is 0 Å². The summed E-state index contributed by atoms with van der Waals surface area (Å²) in [5.74, 6) is -0.578. The summed E-state index contributed by atoms with van der Waals surface area (Å²) in [6, 6.07) is 3.18. The molecule has 0 unspecified atom stereocenters. The summed E-state index contributed by atoms with van der Waals surface area (Å²) in [5, 5.41) is 8.59. The van der Waals surface area contributed by atoms with Crippen LogP contribution in [0.1, 0.15) is 22.8 Å². The van der Waals surface area contributed by atoms with Crippen LogP contribution in [0.5, 0.6) is 11.5 Å². The van der Waals surface area contributed by atoms with Gasteiger partial charge >= 0.3 is 5.97 Å². The van der Waals surface area contributed by atoms with E-state index in [4.69, 9.17) is 14.6 Å². The van der Waals surface area contributed by atoms with Crippen LogP contribution in [-0.4, -0.2) is 31.1 Å². The molecule has 0 saturated heterocycles. The topological polar surface area (TPSA) is 72.8 Å². The SMILES string of the molecule is COc1c(C=CC(=O)O)ccc(C(C)=O)c1OC. The van der Waals surface area contributed by atoms with Crippen LogP contribution in [-0.2, 0) is 4.79 Å². The number of benzene rings is 1. The molecular formula is C13H14O5. The Labute approximate surface area is 105 Å². The first-order valence-corrected chi connectivity index (χ1v) is 5.18. The molecule has 1 N–H and O–H groups in total. The Kier molecular flexibility index (Phi) is 4.48. The lowest BCUT2D eigenvalue weighted by molar-refractivity contribution is -0.131. The molecule has 0 radical (unpaired) electrons. The molecule has 0 aliphatic rings. The molecule has 1 aromatic carbocycles. The lowest BCUT2D eigenvalue weighted by Gasteiger charge is -2.13. The van der Waals surface area contributed by atoms with E-state index in [1.807, 2.05) is 0 Å². The Morgan fingerprint density at radius 3 is 2.22 bits per heavy atom. The normalized spacial score (nSPS) is 10.4. The molecule has 18 heavy (non-hydrogen) atoms. The molecule has 96 valence electrons. The first-order valence-electron chi connectivity index (χ1n) is 5.18. The Morgan fingerprint density at radius 2 is 1.78 bits per heavy atom. The van der Waals surface area contributed by atoms with Gasteiger partial charge in [0.25, 0.3) is 0 Å². The Bertz CT molecular complexity index is 502.